The molecule has 0 radical (unpaired) electrons. The topological polar surface area (TPSA) is 46.1 Å². The molecule has 0 unspecified atom stereocenters. The normalized spacial score (nSPS) is 17.8. The molecular weight excluding hydrogens is 322 g/mol. The standard InChI is InChI=1S/C19H22ClN3O/c1-2-4-18-17(11-21-13-22-18)19(24)23-10-3-5-15(12-23)14-6-8-16(20)9-7-14/h6-9,11,13,15H,2-5,10,12H2,1H3/t15-/m1/s1. The van der Waals surface area contributed by atoms with Crippen LogP contribution >= 0.6 is 11.6 Å². The van der Waals surface area contributed by atoms with Gasteiger partial charge in [0.15, 0.2) is 0 Å². The SMILES string of the molecule is CCCc1ncncc1C(=O)N1CCC[C@@H](c2ccc(Cl)cc2)C1. The zero-order chi connectivity index (χ0) is 16.9. The van der Waals surface area contributed by atoms with Gasteiger partial charge in [-0.25, -0.2) is 9.97 Å². The van der Waals surface area contributed by atoms with Crippen LogP contribution in [0.2, 0.25) is 5.02 Å². The Morgan fingerprint density at radius 1 is 1.33 bits per heavy atom. The van der Waals surface area contributed by atoms with Gasteiger partial charge in [0.25, 0.3) is 5.91 Å². The van der Waals surface area contributed by atoms with Gasteiger partial charge in [0, 0.05) is 30.2 Å². The Morgan fingerprint density at radius 3 is 2.88 bits per heavy atom. The predicted octanol–water partition coefficient (Wildman–Crippen LogP) is 4.10. The van der Waals surface area contributed by atoms with Crippen molar-refractivity contribution in [2.45, 2.75) is 38.5 Å². The summed E-state index contributed by atoms with van der Waals surface area (Å²) in [6.07, 6.45) is 7.05. The quantitative estimate of drug-likeness (QED) is 0.839. The van der Waals surface area contributed by atoms with Crippen LogP contribution in [0.25, 0.3) is 0 Å². The second-order valence-electron chi connectivity index (χ2n) is 6.27. The number of hydrogen-bond donors (Lipinski definition) is 0. The number of piperidine rings is 1. The summed E-state index contributed by atoms with van der Waals surface area (Å²) in [5, 5.41) is 0.744. The Balaban J connectivity index is 1.77. The summed E-state index contributed by atoms with van der Waals surface area (Å²) in [6.45, 7) is 3.62. The molecule has 0 spiro atoms. The van der Waals surface area contributed by atoms with Gasteiger partial charge in [-0.1, -0.05) is 37.1 Å². The van der Waals surface area contributed by atoms with E-state index in [9.17, 15) is 4.79 Å². The van der Waals surface area contributed by atoms with Crippen LogP contribution in [0.3, 0.4) is 0 Å². The second kappa shape index (κ2) is 7.75. The molecule has 2 aromatic rings. The highest BCUT2D eigenvalue weighted by Crippen LogP contribution is 2.28. The number of hydrogen-bond acceptors (Lipinski definition) is 3. The number of aromatic nitrogens is 2. The molecule has 1 aromatic heterocycles. The van der Waals surface area contributed by atoms with Gasteiger partial charge in [-0.2, -0.15) is 0 Å². The van der Waals surface area contributed by atoms with E-state index in [4.69, 9.17) is 11.6 Å². The molecule has 1 aliphatic rings. The van der Waals surface area contributed by atoms with Gasteiger partial charge in [0.05, 0.1) is 11.3 Å². The van der Waals surface area contributed by atoms with Gasteiger partial charge >= 0.3 is 0 Å². The van der Waals surface area contributed by atoms with Crippen molar-refractivity contribution in [2.75, 3.05) is 13.1 Å². The van der Waals surface area contributed by atoms with Gasteiger partial charge in [-0.3, -0.25) is 4.79 Å². The van der Waals surface area contributed by atoms with E-state index in [0.29, 0.717) is 11.5 Å². The first-order chi connectivity index (χ1) is 11.7. The highest BCUT2D eigenvalue weighted by molar-refractivity contribution is 6.30. The van der Waals surface area contributed by atoms with Gasteiger partial charge < -0.3 is 4.90 Å². The molecule has 1 amide bonds. The zero-order valence-corrected chi connectivity index (χ0v) is 14.7. The molecule has 126 valence electrons. The highest BCUT2D eigenvalue weighted by atomic mass is 35.5. The Morgan fingerprint density at radius 2 is 2.12 bits per heavy atom. The molecule has 1 aliphatic heterocycles. The number of likely N-dealkylation sites (tertiary alicyclic amines) is 1. The highest BCUT2D eigenvalue weighted by Gasteiger charge is 2.27. The fourth-order valence-corrected chi connectivity index (χ4v) is 3.43. The van der Waals surface area contributed by atoms with Crippen molar-refractivity contribution in [3.8, 4) is 0 Å². The van der Waals surface area contributed by atoms with Gasteiger partial charge in [0.2, 0.25) is 0 Å². The lowest BCUT2D eigenvalue weighted by Crippen LogP contribution is -2.39. The molecule has 2 heterocycles. The lowest BCUT2D eigenvalue weighted by Gasteiger charge is -2.33. The molecule has 1 fully saturated rings. The van der Waals surface area contributed by atoms with Crippen LogP contribution in [0.15, 0.2) is 36.8 Å². The number of benzene rings is 1. The minimum atomic E-state index is 0.0534. The first-order valence-electron chi connectivity index (χ1n) is 8.52. The first kappa shape index (κ1) is 16.9. The largest absolute Gasteiger partial charge is 0.338 e. The Hall–Kier alpha value is -1.94. The number of carbonyl (C=O) groups excluding carboxylic acids is 1. The molecular formula is C19H22ClN3O. The lowest BCUT2D eigenvalue weighted by molar-refractivity contribution is 0.0705. The van der Waals surface area contributed by atoms with Crippen LogP contribution in [0, 0.1) is 0 Å². The molecule has 0 aliphatic carbocycles. The third-order valence-corrected chi connectivity index (χ3v) is 4.81. The van der Waals surface area contributed by atoms with Crippen molar-refractivity contribution in [1.82, 2.24) is 14.9 Å². The molecule has 4 nitrogen and oxygen atoms in total. The number of amides is 1. The fourth-order valence-electron chi connectivity index (χ4n) is 3.31. The number of halogens is 1. The Labute approximate surface area is 147 Å². The average molecular weight is 344 g/mol. The van der Waals surface area contributed by atoms with E-state index in [1.54, 1.807) is 6.20 Å². The van der Waals surface area contributed by atoms with E-state index in [-0.39, 0.29) is 5.91 Å². The van der Waals surface area contributed by atoms with E-state index >= 15 is 0 Å². The van der Waals surface area contributed by atoms with Crippen LogP contribution in [-0.2, 0) is 6.42 Å². The van der Waals surface area contributed by atoms with Crippen LogP contribution in [-0.4, -0.2) is 33.9 Å². The second-order valence-corrected chi connectivity index (χ2v) is 6.71. The van der Waals surface area contributed by atoms with E-state index in [0.717, 1.165) is 49.5 Å². The molecule has 0 bridgehead atoms. The minimum absolute atomic E-state index is 0.0534. The van der Waals surface area contributed by atoms with Crippen molar-refractivity contribution in [3.05, 3.63) is 58.6 Å². The van der Waals surface area contributed by atoms with Crippen molar-refractivity contribution in [1.29, 1.82) is 0 Å². The molecule has 1 atom stereocenters. The summed E-state index contributed by atoms with van der Waals surface area (Å²) in [5.41, 5.74) is 2.75. The zero-order valence-electron chi connectivity index (χ0n) is 13.9. The molecule has 5 heteroatoms. The predicted molar refractivity (Wildman–Crippen MR) is 95.4 cm³/mol. The summed E-state index contributed by atoms with van der Waals surface area (Å²) in [4.78, 5) is 23.3. The molecule has 1 aromatic carbocycles. The number of carbonyl (C=O) groups is 1. The summed E-state index contributed by atoms with van der Waals surface area (Å²) in [7, 11) is 0. The van der Waals surface area contributed by atoms with Crippen LogP contribution in [0.4, 0.5) is 0 Å². The monoisotopic (exact) mass is 343 g/mol. The maximum Gasteiger partial charge on any atom is 0.257 e. The van der Waals surface area contributed by atoms with Gasteiger partial charge in [-0.15, -0.1) is 0 Å². The summed E-state index contributed by atoms with van der Waals surface area (Å²) in [6, 6.07) is 7.97. The molecule has 1 saturated heterocycles. The minimum Gasteiger partial charge on any atom is -0.338 e. The lowest BCUT2D eigenvalue weighted by atomic mass is 9.90. The fraction of sp³-hybridized carbons (Fsp3) is 0.421. The third kappa shape index (κ3) is 3.75. The first-order valence-corrected chi connectivity index (χ1v) is 8.90. The smallest absolute Gasteiger partial charge is 0.257 e. The van der Waals surface area contributed by atoms with Crippen molar-refractivity contribution >= 4 is 17.5 Å². The average Bonchev–Trinajstić information content (AvgIpc) is 2.63. The van der Waals surface area contributed by atoms with Gasteiger partial charge in [-0.05, 0) is 37.0 Å². The molecule has 0 N–H and O–H groups in total. The van der Waals surface area contributed by atoms with E-state index in [1.165, 1.54) is 11.9 Å². The Kier molecular flexibility index (Phi) is 5.46. The summed E-state index contributed by atoms with van der Waals surface area (Å²) in [5.74, 6) is 0.414. The molecule has 24 heavy (non-hydrogen) atoms. The van der Waals surface area contributed by atoms with E-state index in [2.05, 4.69) is 29.0 Å². The molecule has 3 rings (SSSR count). The summed E-state index contributed by atoms with van der Waals surface area (Å²) >= 11 is 5.98. The number of rotatable bonds is 4. The van der Waals surface area contributed by atoms with Crippen LogP contribution in [0.1, 0.15) is 53.7 Å². The van der Waals surface area contributed by atoms with E-state index < -0.39 is 0 Å². The van der Waals surface area contributed by atoms with Gasteiger partial charge in [0.1, 0.15) is 6.33 Å². The van der Waals surface area contributed by atoms with Crippen LogP contribution < -0.4 is 0 Å². The third-order valence-electron chi connectivity index (χ3n) is 4.56. The van der Waals surface area contributed by atoms with Crippen molar-refractivity contribution in [3.63, 3.8) is 0 Å². The van der Waals surface area contributed by atoms with E-state index in [1.807, 2.05) is 17.0 Å². The Bertz CT molecular complexity index is 702. The number of aryl methyl sites for hydroxylation is 1. The van der Waals surface area contributed by atoms with Crippen molar-refractivity contribution in [2.24, 2.45) is 0 Å². The number of nitrogens with zero attached hydrogens (tertiary/aromatic N) is 3. The maximum atomic E-state index is 13.0. The maximum absolute atomic E-state index is 13.0. The van der Waals surface area contributed by atoms with Crippen molar-refractivity contribution < 1.29 is 4.79 Å². The van der Waals surface area contributed by atoms with Crippen LogP contribution in [0.5, 0.6) is 0 Å². The molecule has 0 saturated carbocycles. The summed E-state index contributed by atoms with van der Waals surface area (Å²) < 4.78 is 0.